The van der Waals surface area contributed by atoms with Gasteiger partial charge in [-0.1, -0.05) is 42.5 Å². The average Bonchev–Trinajstić information content (AvgIpc) is 3.32. The number of likely N-dealkylation sites (tertiary alicyclic amines) is 2. The van der Waals surface area contributed by atoms with Crippen LogP contribution in [0.3, 0.4) is 0 Å². The van der Waals surface area contributed by atoms with Gasteiger partial charge in [0.2, 0.25) is 5.91 Å². The number of nitrogens with zero attached hydrogens (tertiary/aromatic N) is 3. The number of para-hydroxylation sites is 1. The number of amides is 1. The van der Waals surface area contributed by atoms with Crippen molar-refractivity contribution in [1.82, 2.24) is 9.80 Å². The third kappa shape index (κ3) is 3.58. The molecule has 0 unspecified atom stereocenters. The Balaban J connectivity index is 1.16. The molecule has 3 aliphatic rings. The number of hydrogen-bond acceptors (Lipinski definition) is 3. The predicted octanol–water partition coefficient (Wildman–Crippen LogP) is 3.32. The summed E-state index contributed by atoms with van der Waals surface area (Å²) in [6.45, 7) is 4.16. The zero-order chi connectivity index (χ0) is 19.8. The average molecular weight is 394 g/mol. The highest BCUT2D eigenvalue weighted by atomic mass is 19.1. The van der Waals surface area contributed by atoms with Crippen molar-refractivity contribution in [2.24, 2.45) is 0 Å². The first kappa shape index (κ1) is 18.8. The molecule has 3 aliphatic heterocycles. The third-order valence-electron chi connectivity index (χ3n) is 6.90. The molecule has 0 aliphatic carbocycles. The number of hydrogen-bond donors (Lipinski definition) is 0. The van der Waals surface area contributed by atoms with Crippen LogP contribution in [-0.4, -0.2) is 60.0 Å². The molecule has 29 heavy (non-hydrogen) atoms. The molecule has 2 aromatic rings. The van der Waals surface area contributed by atoms with Crippen LogP contribution >= 0.6 is 0 Å². The zero-order valence-corrected chi connectivity index (χ0v) is 16.7. The summed E-state index contributed by atoms with van der Waals surface area (Å²) >= 11 is 0. The molecule has 2 aromatic carbocycles. The first-order valence-electron chi connectivity index (χ1n) is 10.8. The number of piperazine rings is 1. The molecule has 1 amide bonds. The maximum atomic E-state index is 14.2. The van der Waals surface area contributed by atoms with E-state index in [2.05, 4.69) is 40.1 Å². The number of fused-ring (bicyclic) bond motifs is 2. The van der Waals surface area contributed by atoms with Gasteiger partial charge < -0.3 is 9.80 Å². The van der Waals surface area contributed by atoms with E-state index in [1.165, 1.54) is 11.6 Å². The monoisotopic (exact) mass is 393 g/mol. The van der Waals surface area contributed by atoms with Crippen LogP contribution in [0.15, 0.2) is 54.6 Å². The second-order valence-electron chi connectivity index (χ2n) is 8.57. The van der Waals surface area contributed by atoms with Crippen LogP contribution in [0.25, 0.3) is 0 Å². The lowest BCUT2D eigenvalue weighted by Crippen LogP contribution is -2.56. The van der Waals surface area contributed by atoms with E-state index in [4.69, 9.17) is 0 Å². The minimum absolute atomic E-state index is 0.0690. The summed E-state index contributed by atoms with van der Waals surface area (Å²) in [4.78, 5) is 19.7. The largest absolute Gasteiger partial charge is 0.304 e. The first-order chi connectivity index (χ1) is 14.2. The van der Waals surface area contributed by atoms with Crippen molar-refractivity contribution in [1.29, 1.82) is 0 Å². The highest BCUT2D eigenvalue weighted by Crippen LogP contribution is 2.39. The Hall–Kier alpha value is -2.24. The first-order valence-corrected chi connectivity index (χ1v) is 10.8. The van der Waals surface area contributed by atoms with Crippen LogP contribution in [-0.2, 0) is 11.2 Å². The minimum Gasteiger partial charge on any atom is -0.304 e. The lowest BCUT2D eigenvalue weighted by molar-refractivity contribution is -0.124. The molecule has 152 valence electrons. The highest BCUT2D eigenvalue weighted by molar-refractivity contribution is 6.01. The van der Waals surface area contributed by atoms with Gasteiger partial charge in [0.15, 0.2) is 0 Å². The van der Waals surface area contributed by atoms with Crippen molar-refractivity contribution in [2.45, 2.75) is 43.8 Å². The van der Waals surface area contributed by atoms with Gasteiger partial charge >= 0.3 is 0 Å². The lowest BCUT2D eigenvalue weighted by Gasteiger charge is -2.42. The predicted molar refractivity (Wildman–Crippen MR) is 112 cm³/mol. The molecule has 0 radical (unpaired) electrons. The van der Waals surface area contributed by atoms with Crippen molar-refractivity contribution in [2.75, 3.05) is 31.1 Å². The Kier molecular flexibility index (Phi) is 5.10. The van der Waals surface area contributed by atoms with Gasteiger partial charge in [-0.15, -0.1) is 0 Å². The maximum Gasteiger partial charge on any atom is 0.244 e. The normalized spacial score (nSPS) is 25.8. The van der Waals surface area contributed by atoms with Gasteiger partial charge in [0.1, 0.15) is 5.82 Å². The number of anilines is 1. The number of carbonyl (C=O) groups is 1. The fourth-order valence-corrected chi connectivity index (χ4v) is 5.38. The molecule has 3 fully saturated rings. The molecule has 5 rings (SSSR count). The van der Waals surface area contributed by atoms with Crippen molar-refractivity contribution in [3.05, 3.63) is 66.0 Å². The summed E-state index contributed by atoms with van der Waals surface area (Å²) in [5, 5.41) is 0. The molecule has 0 spiro atoms. The fourth-order valence-electron chi connectivity index (χ4n) is 5.38. The van der Waals surface area contributed by atoms with E-state index in [0.717, 1.165) is 51.9 Å². The minimum atomic E-state index is -0.299. The van der Waals surface area contributed by atoms with Crippen LogP contribution < -0.4 is 4.90 Å². The Morgan fingerprint density at radius 3 is 2.38 bits per heavy atom. The molecule has 0 N–H and O–H groups in total. The van der Waals surface area contributed by atoms with E-state index in [1.807, 2.05) is 0 Å². The van der Waals surface area contributed by atoms with Crippen LogP contribution in [0.5, 0.6) is 0 Å². The molecule has 4 nitrogen and oxygen atoms in total. The molecular formula is C24H28FN3O. The van der Waals surface area contributed by atoms with Crippen LogP contribution in [0.1, 0.15) is 24.8 Å². The molecule has 3 heterocycles. The van der Waals surface area contributed by atoms with Gasteiger partial charge in [-0.25, -0.2) is 4.39 Å². The number of piperidine rings is 1. The van der Waals surface area contributed by atoms with Crippen molar-refractivity contribution in [3.8, 4) is 0 Å². The van der Waals surface area contributed by atoms with Gasteiger partial charge in [0.25, 0.3) is 0 Å². The molecule has 0 saturated carbocycles. The van der Waals surface area contributed by atoms with Crippen molar-refractivity contribution >= 4 is 11.6 Å². The van der Waals surface area contributed by atoms with E-state index in [9.17, 15) is 9.18 Å². The maximum absolute atomic E-state index is 14.2. The number of benzene rings is 2. The third-order valence-corrected chi connectivity index (χ3v) is 6.90. The van der Waals surface area contributed by atoms with Crippen LogP contribution in [0.2, 0.25) is 0 Å². The van der Waals surface area contributed by atoms with Crippen molar-refractivity contribution < 1.29 is 9.18 Å². The number of halogens is 1. The van der Waals surface area contributed by atoms with E-state index in [0.29, 0.717) is 11.7 Å². The fraction of sp³-hybridized carbons (Fsp3) is 0.458. The lowest BCUT2D eigenvalue weighted by atomic mass is 10.0. The summed E-state index contributed by atoms with van der Waals surface area (Å²) < 4.78 is 14.2. The smallest absolute Gasteiger partial charge is 0.244 e. The van der Waals surface area contributed by atoms with E-state index >= 15 is 0 Å². The molecular weight excluding hydrogens is 365 g/mol. The second kappa shape index (κ2) is 7.88. The van der Waals surface area contributed by atoms with Gasteiger partial charge in [0, 0.05) is 19.1 Å². The van der Waals surface area contributed by atoms with E-state index in [1.54, 1.807) is 23.1 Å². The highest BCUT2D eigenvalue weighted by Gasteiger charge is 2.52. The van der Waals surface area contributed by atoms with E-state index in [-0.39, 0.29) is 23.8 Å². The SMILES string of the molecule is O=C1[C@@H]2C[C@@H](CN2C2CCN(CCc3ccccc3)CC2)N1c1ccccc1F. The molecule has 3 saturated heterocycles. The Bertz CT molecular complexity index is 865. The summed E-state index contributed by atoms with van der Waals surface area (Å²) in [6, 6.07) is 17.8. The molecule has 5 heteroatoms. The van der Waals surface area contributed by atoms with Crippen LogP contribution in [0, 0.1) is 5.82 Å². The summed E-state index contributed by atoms with van der Waals surface area (Å²) in [5.74, 6) is -0.218. The number of rotatable bonds is 5. The topological polar surface area (TPSA) is 26.8 Å². The Morgan fingerprint density at radius 2 is 1.66 bits per heavy atom. The second-order valence-corrected chi connectivity index (χ2v) is 8.57. The standard InChI is InChI=1S/C24H28FN3O/c25-21-8-4-5-9-22(21)28-20-16-23(24(28)29)27(17-20)19-11-14-26(15-12-19)13-10-18-6-2-1-3-7-18/h1-9,19-20,23H,10-17H2/t20-,23-/m0/s1. The number of carbonyl (C=O) groups excluding carboxylic acids is 1. The summed E-state index contributed by atoms with van der Waals surface area (Å²) in [5.41, 5.74) is 1.84. The zero-order valence-electron chi connectivity index (χ0n) is 16.7. The van der Waals surface area contributed by atoms with Gasteiger partial charge in [-0.3, -0.25) is 9.69 Å². The van der Waals surface area contributed by atoms with Gasteiger partial charge in [-0.2, -0.15) is 0 Å². The summed E-state index contributed by atoms with van der Waals surface area (Å²) in [7, 11) is 0. The molecule has 2 atom stereocenters. The Morgan fingerprint density at radius 1 is 0.931 bits per heavy atom. The van der Waals surface area contributed by atoms with Gasteiger partial charge in [0.05, 0.1) is 17.8 Å². The summed E-state index contributed by atoms with van der Waals surface area (Å²) in [6.07, 6.45) is 4.16. The Labute approximate surface area is 171 Å². The molecule has 0 aromatic heterocycles. The van der Waals surface area contributed by atoms with Gasteiger partial charge in [-0.05, 0) is 56.5 Å². The van der Waals surface area contributed by atoms with Crippen LogP contribution in [0.4, 0.5) is 10.1 Å². The van der Waals surface area contributed by atoms with Crippen molar-refractivity contribution in [3.63, 3.8) is 0 Å². The van der Waals surface area contributed by atoms with E-state index < -0.39 is 0 Å². The molecule has 2 bridgehead atoms. The quantitative estimate of drug-likeness (QED) is 0.780.